The zero-order chi connectivity index (χ0) is 16.9. The van der Waals surface area contributed by atoms with Crippen molar-refractivity contribution in [1.29, 1.82) is 0 Å². The fourth-order valence-electron chi connectivity index (χ4n) is 2.78. The van der Waals surface area contributed by atoms with E-state index < -0.39 is 0 Å². The molecule has 0 bridgehead atoms. The second kappa shape index (κ2) is 8.00. The fourth-order valence-corrected chi connectivity index (χ4v) is 3.88. The smallest absolute Gasteiger partial charge is 0.238 e. The van der Waals surface area contributed by atoms with Crippen LogP contribution in [0.25, 0.3) is 0 Å². The monoisotopic (exact) mass is 349 g/mol. The molecule has 1 fully saturated rings. The van der Waals surface area contributed by atoms with Gasteiger partial charge in [0.05, 0.1) is 24.2 Å². The lowest BCUT2D eigenvalue weighted by atomic mass is 10.2. The molecular formula is C17H23N3O3S. The quantitative estimate of drug-likeness (QED) is 0.868. The third-order valence-corrected chi connectivity index (χ3v) is 5.62. The first-order chi connectivity index (χ1) is 11.6. The number of likely N-dealkylation sites (N-methyl/N-ethyl adjacent to an activating group) is 1. The van der Waals surface area contributed by atoms with Crippen LogP contribution in [0.5, 0.6) is 0 Å². The van der Waals surface area contributed by atoms with Crippen LogP contribution >= 0.6 is 11.8 Å². The van der Waals surface area contributed by atoms with E-state index in [0.717, 1.165) is 43.4 Å². The number of nitrogens with zero attached hydrogens (tertiary/aromatic N) is 2. The highest BCUT2D eigenvalue weighted by molar-refractivity contribution is 8.01. The molecule has 3 rings (SSSR count). The van der Waals surface area contributed by atoms with Gasteiger partial charge in [-0.05, 0) is 12.1 Å². The highest BCUT2D eigenvalue weighted by Gasteiger charge is 2.29. The summed E-state index contributed by atoms with van der Waals surface area (Å²) in [4.78, 5) is 29.7. The van der Waals surface area contributed by atoms with Gasteiger partial charge in [-0.15, -0.1) is 11.8 Å². The van der Waals surface area contributed by atoms with E-state index in [2.05, 4.69) is 10.2 Å². The number of morpholine rings is 1. The summed E-state index contributed by atoms with van der Waals surface area (Å²) in [5.41, 5.74) is 0.830. The number of amides is 2. The molecule has 1 aromatic rings. The molecule has 1 atom stereocenters. The van der Waals surface area contributed by atoms with Crippen molar-refractivity contribution >= 4 is 29.3 Å². The number of carbonyl (C=O) groups excluding carboxylic acids is 2. The fraction of sp³-hybridized carbons (Fsp3) is 0.529. The molecule has 0 spiro atoms. The number of fused-ring (bicyclic) bond motifs is 1. The minimum absolute atomic E-state index is 0.00953. The summed E-state index contributed by atoms with van der Waals surface area (Å²) in [5, 5.41) is 2.52. The van der Waals surface area contributed by atoms with Crippen molar-refractivity contribution in [2.75, 3.05) is 51.8 Å². The minimum atomic E-state index is -0.363. The van der Waals surface area contributed by atoms with E-state index >= 15 is 0 Å². The molecule has 24 heavy (non-hydrogen) atoms. The average Bonchev–Trinajstić information content (AvgIpc) is 2.61. The highest BCUT2D eigenvalue weighted by Crippen LogP contribution is 2.36. The Morgan fingerprint density at radius 2 is 2.12 bits per heavy atom. The molecule has 1 N–H and O–H groups in total. The van der Waals surface area contributed by atoms with Gasteiger partial charge in [0, 0.05) is 44.5 Å². The van der Waals surface area contributed by atoms with E-state index in [1.807, 2.05) is 31.3 Å². The van der Waals surface area contributed by atoms with Crippen LogP contribution in [0.4, 0.5) is 5.69 Å². The maximum Gasteiger partial charge on any atom is 0.238 e. The van der Waals surface area contributed by atoms with Crippen LogP contribution in [0.15, 0.2) is 29.2 Å². The number of rotatable bonds is 5. The van der Waals surface area contributed by atoms with Crippen molar-refractivity contribution < 1.29 is 14.3 Å². The van der Waals surface area contributed by atoms with Crippen LogP contribution in [0.2, 0.25) is 0 Å². The second-order valence-electron chi connectivity index (χ2n) is 6.07. The predicted octanol–water partition coefficient (Wildman–Crippen LogP) is 1.28. The van der Waals surface area contributed by atoms with E-state index in [-0.39, 0.29) is 23.5 Å². The molecule has 1 aromatic carbocycles. The Labute approximate surface area is 146 Å². The summed E-state index contributed by atoms with van der Waals surface area (Å²) in [6, 6.07) is 7.69. The zero-order valence-electron chi connectivity index (χ0n) is 13.9. The molecular weight excluding hydrogens is 326 g/mol. The van der Waals surface area contributed by atoms with Crippen molar-refractivity contribution in [3.05, 3.63) is 24.3 Å². The molecule has 2 aliphatic rings. The van der Waals surface area contributed by atoms with Gasteiger partial charge in [0.15, 0.2) is 0 Å². The average molecular weight is 349 g/mol. The van der Waals surface area contributed by atoms with E-state index in [1.165, 1.54) is 11.8 Å². The van der Waals surface area contributed by atoms with Gasteiger partial charge in [0.25, 0.3) is 0 Å². The number of benzene rings is 1. The van der Waals surface area contributed by atoms with Crippen LogP contribution in [0, 0.1) is 0 Å². The summed E-state index contributed by atoms with van der Waals surface area (Å²) >= 11 is 1.47. The van der Waals surface area contributed by atoms with Gasteiger partial charge in [-0.3, -0.25) is 14.5 Å². The lowest BCUT2D eigenvalue weighted by Crippen LogP contribution is -2.43. The number of ether oxygens (including phenoxy) is 1. The zero-order valence-corrected chi connectivity index (χ0v) is 14.7. The first-order valence-corrected chi connectivity index (χ1v) is 9.12. The summed E-state index contributed by atoms with van der Waals surface area (Å²) in [5.74, 6) is -0.0797. The Bertz CT molecular complexity index is 604. The predicted molar refractivity (Wildman–Crippen MR) is 94.2 cm³/mol. The normalized spacial score (nSPS) is 21.0. The summed E-state index contributed by atoms with van der Waals surface area (Å²) in [7, 11) is 1.81. The van der Waals surface area contributed by atoms with Gasteiger partial charge in [0.2, 0.25) is 11.8 Å². The van der Waals surface area contributed by atoms with Crippen LogP contribution in [-0.4, -0.2) is 73.3 Å². The molecule has 0 aromatic heterocycles. The van der Waals surface area contributed by atoms with Crippen molar-refractivity contribution in [3.63, 3.8) is 0 Å². The van der Waals surface area contributed by atoms with Crippen LogP contribution < -0.4 is 5.32 Å². The van der Waals surface area contributed by atoms with E-state index in [0.29, 0.717) is 6.54 Å². The molecule has 130 valence electrons. The SMILES string of the molecule is CN(CCN1CCOCC1)C(=O)CC1Sc2ccccc2NC1=O. The van der Waals surface area contributed by atoms with Gasteiger partial charge < -0.3 is 15.0 Å². The Balaban J connectivity index is 1.49. The van der Waals surface area contributed by atoms with Crippen LogP contribution in [0.1, 0.15) is 6.42 Å². The Hall–Kier alpha value is -1.57. The number of nitrogens with one attached hydrogen (secondary N) is 1. The maximum atomic E-state index is 12.4. The standard InChI is InChI=1S/C17H23N3O3S/c1-19(6-7-20-8-10-23-11-9-20)16(21)12-15-17(22)18-13-4-2-3-5-14(13)24-15/h2-5,15H,6-12H2,1H3,(H,18,22). The number of para-hydroxylation sites is 1. The van der Waals surface area contributed by atoms with E-state index in [4.69, 9.17) is 4.74 Å². The third kappa shape index (κ3) is 4.28. The molecule has 2 heterocycles. The van der Waals surface area contributed by atoms with Crippen molar-refractivity contribution in [2.24, 2.45) is 0 Å². The van der Waals surface area contributed by atoms with E-state index in [1.54, 1.807) is 4.90 Å². The van der Waals surface area contributed by atoms with E-state index in [9.17, 15) is 9.59 Å². The Morgan fingerprint density at radius 3 is 2.92 bits per heavy atom. The first kappa shape index (κ1) is 17.3. The van der Waals surface area contributed by atoms with Crippen molar-refractivity contribution in [1.82, 2.24) is 9.80 Å². The van der Waals surface area contributed by atoms with Gasteiger partial charge in [-0.2, -0.15) is 0 Å². The third-order valence-electron chi connectivity index (χ3n) is 4.35. The maximum absolute atomic E-state index is 12.4. The van der Waals surface area contributed by atoms with Gasteiger partial charge >= 0.3 is 0 Å². The second-order valence-corrected chi connectivity index (χ2v) is 7.31. The van der Waals surface area contributed by atoms with Gasteiger partial charge in [0.1, 0.15) is 0 Å². The number of carbonyl (C=O) groups is 2. The van der Waals surface area contributed by atoms with Crippen molar-refractivity contribution in [2.45, 2.75) is 16.6 Å². The lowest BCUT2D eigenvalue weighted by Gasteiger charge is -2.29. The van der Waals surface area contributed by atoms with Crippen LogP contribution in [-0.2, 0) is 14.3 Å². The molecule has 0 aliphatic carbocycles. The summed E-state index contributed by atoms with van der Waals surface area (Å²) in [6.07, 6.45) is 0.227. The van der Waals surface area contributed by atoms with Gasteiger partial charge in [-0.1, -0.05) is 12.1 Å². The molecule has 2 amide bonds. The molecule has 1 unspecified atom stereocenters. The Morgan fingerprint density at radius 1 is 1.38 bits per heavy atom. The number of hydrogen-bond donors (Lipinski definition) is 1. The largest absolute Gasteiger partial charge is 0.379 e. The summed E-state index contributed by atoms with van der Waals surface area (Å²) in [6.45, 7) is 4.87. The number of anilines is 1. The molecule has 0 saturated carbocycles. The number of hydrogen-bond acceptors (Lipinski definition) is 5. The highest BCUT2D eigenvalue weighted by atomic mass is 32.2. The minimum Gasteiger partial charge on any atom is -0.379 e. The number of thioether (sulfide) groups is 1. The molecule has 6 nitrogen and oxygen atoms in total. The molecule has 1 saturated heterocycles. The van der Waals surface area contributed by atoms with Gasteiger partial charge in [-0.25, -0.2) is 0 Å². The lowest BCUT2D eigenvalue weighted by molar-refractivity contribution is -0.131. The van der Waals surface area contributed by atoms with Crippen LogP contribution in [0.3, 0.4) is 0 Å². The topological polar surface area (TPSA) is 61.9 Å². The molecule has 2 aliphatic heterocycles. The molecule has 0 radical (unpaired) electrons. The van der Waals surface area contributed by atoms with Crippen molar-refractivity contribution in [3.8, 4) is 0 Å². The molecule has 7 heteroatoms. The first-order valence-electron chi connectivity index (χ1n) is 8.24. The Kier molecular flexibility index (Phi) is 5.76. The summed E-state index contributed by atoms with van der Waals surface area (Å²) < 4.78 is 5.33.